The molecule has 1 rings (SSSR count). The number of anilines is 1. The zero-order valence-electron chi connectivity index (χ0n) is 8.78. The number of ketones is 1. The van der Waals surface area contributed by atoms with Gasteiger partial charge in [0.25, 0.3) is 0 Å². The number of rotatable bonds is 3. The fourth-order valence-corrected chi connectivity index (χ4v) is 1.07. The Bertz CT molecular complexity index is 386. The van der Waals surface area contributed by atoms with Crippen molar-refractivity contribution in [3.63, 3.8) is 0 Å². The highest BCUT2D eigenvalue weighted by atomic mass is 16.2. The molecule has 0 aromatic heterocycles. The van der Waals surface area contributed by atoms with Gasteiger partial charge in [-0.25, -0.2) is 0 Å². The molecule has 0 saturated carbocycles. The maximum absolute atomic E-state index is 11.3. The number of carbonyl (C=O) groups excluding carboxylic acids is 2. The molecule has 1 atom stereocenters. The van der Waals surface area contributed by atoms with Crippen LogP contribution in [0.15, 0.2) is 24.3 Å². The molecule has 1 amide bonds. The van der Waals surface area contributed by atoms with Gasteiger partial charge in [-0.2, -0.15) is 0 Å². The van der Waals surface area contributed by atoms with E-state index in [9.17, 15) is 9.59 Å². The minimum atomic E-state index is -0.564. The minimum absolute atomic E-state index is 0.0353. The first-order valence-electron chi connectivity index (χ1n) is 4.68. The average molecular weight is 206 g/mol. The first-order valence-corrected chi connectivity index (χ1v) is 4.68. The lowest BCUT2D eigenvalue weighted by Gasteiger charge is -2.08. The van der Waals surface area contributed by atoms with Crippen molar-refractivity contribution in [1.29, 1.82) is 0 Å². The maximum Gasteiger partial charge on any atom is 0.240 e. The van der Waals surface area contributed by atoms with E-state index < -0.39 is 6.04 Å². The standard InChI is InChI=1S/C11H14N2O2/c1-7(12)11(15)13-10-5-3-4-9(6-10)8(2)14/h3-7H,12H2,1-2H3,(H,13,15)/t7-/m0/s1. The van der Waals surface area contributed by atoms with Gasteiger partial charge in [0, 0.05) is 11.3 Å². The molecule has 1 aromatic rings. The topological polar surface area (TPSA) is 72.2 Å². The van der Waals surface area contributed by atoms with Gasteiger partial charge in [0.2, 0.25) is 5.91 Å². The van der Waals surface area contributed by atoms with E-state index in [4.69, 9.17) is 5.73 Å². The molecular weight excluding hydrogens is 192 g/mol. The van der Waals surface area contributed by atoms with E-state index in [1.165, 1.54) is 6.92 Å². The van der Waals surface area contributed by atoms with E-state index in [-0.39, 0.29) is 11.7 Å². The Morgan fingerprint density at radius 1 is 1.40 bits per heavy atom. The number of Topliss-reactive ketones (excluding diaryl/α,β-unsaturated/α-hetero) is 1. The van der Waals surface area contributed by atoms with Crippen LogP contribution >= 0.6 is 0 Å². The zero-order chi connectivity index (χ0) is 11.4. The molecule has 0 unspecified atom stereocenters. The molecule has 0 radical (unpaired) electrons. The van der Waals surface area contributed by atoms with Gasteiger partial charge < -0.3 is 11.1 Å². The van der Waals surface area contributed by atoms with Gasteiger partial charge in [-0.3, -0.25) is 9.59 Å². The Labute approximate surface area is 88.5 Å². The van der Waals surface area contributed by atoms with Crippen LogP contribution in [0.4, 0.5) is 5.69 Å². The third-order valence-corrected chi connectivity index (χ3v) is 1.95. The van der Waals surface area contributed by atoms with Crippen LogP contribution in [-0.4, -0.2) is 17.7 Å². The van der Waals surface area contributed by atoms with E-state index in [1.54, 1.807) is 31.2 Å². The fourth-order valence-electron chi connectivity index (χ4n) is 1.07. The number of hydrogen-bond donors (Lipinski definition) is 2. The van der Waals surface area contributed by atoms with Crippen LogP contribution in [0.3, 0.4) is 0 Å². The second-order valence-corrected chi connectivity index (χ2v) is 3.41. The van der Waals surface area contributed by atoms with Gasteiger partial charge in [-0.1, -0.05) is 12.1 Å². The Morgan fingerprint density at radius 2 is 2.07 bits per heavy atom. The van der Waals surface area contributed by atoms with Crippen LogP contribution in [-0.2, 0) is 4.79 Å². The van der Waals surface area contributed by atoms with Gasteiger partial charge in [0.05, 0.1) is 6.04 Å². The average Bonchev–Trinajstić information content (AvgIpc) is 2.18. The van der Waals surface area contributed by atoms with Crippen molar-refractivity contribution in [2.24, 2.45) is 5.73 Å². The van der Waals surface area contributed by atoms with E-state index >= 15 is 0 Å². The summed E-state index contributed by atoms with van der Waals surface area (Å²) in [6, 6.07) is 6.19. The van der Waals surface area contributed by atoms with Crippen LogP contribution in [0.5, 0.6) is 0 Å². The van der Waals surface area contributed by atoms with Gasteiger partial charge in [-0.15, -0.1) is 0 Å². The number of benzene rings is 1. The van der Waals surface area contributed by atoms with E-state index in [2.05, 4.69) is 5.32 Å². The summed E-state index contributed by atoms with van der Waals surface area (Å²) in [5.74, 6) is -0.303. The molecule has 0 heterocycles. The molecule has 0 aliphatic heterocycles. The lowest BCUT2D eigenvalue weighted by molar-refractivity contribution is -0.117. The molecule has 0 aliphatic carbocycles. The second-order valence-electron chi connectivity index (χ2n) is 3.41. The Kier molecular flexibility index (Phi) is 3.57. The monoisotopic (exact) mass is 206 g/mol. The van der Waals surface area contributed by atoms with Gasteiger partial charge in [0.15, 0.2) is 5.78 Å². The van der Waals surface area contributed by atoms with E-state index in [1.807, 2.05) is 0 Å². The van der Waals surface area contributed by atoms with Gasteiger partial charge in [0.1, 0.15) is 0 Å². The van der Waals surface area contributed by atoms with Crippen molar-refractivity contribution in [3.8, 4) is 0 Å². The van der Waals surface area contributed by atoms with E-state index in [0.717, 1.165) is 0 Å². The predicted octanol–water partition coefficient (Wildman–Crippen LogP) is 1.17. The smallest absolute Gasteiger partial charge is 0.240 e. The summed E-state index contributed by atoms with van der Waals surface area (Å²) in [5.41, 5.74) is 6.56. The van der Waals surface area contributed by atoms with Crippen molar-refractivity contribution in [3.05, 3.63) is 29.8 Å². The third kappa shape index (κ3) is 3.18. The van der Waals surface area contributed by atoms with Crippen LogP contribution < -0.4 is 11.1 Å². The molecular formula is C11H14N2O2. The number of hydrogen-bond acceptors (Lipinski definition) is 3. The Hall–Kier alpha value is -1.68. The van der Waals surface area contributed by atoms with Crippen LogP contribution in [0.2, 0.25) is 0 Å². The minimum Gasteiger partial charge on any atom is -0.325 e. The molecule has 4 nitrogen and oxygen atoms in total. The summed E-state index contributed by atoms with van der Waals surface area (Å²) >= 11 is 0. The van der Waals surface area contributed by atoms with Crippen LogP contribution in [0, 0.1) is 0 Å². The molecule has 0 saturated heterocycles. The summed E-state index contributed by atoms with van der Waals surface area (Å²) in [7, 11) is 0. The second kappa shape index (κ2) is 4.70. The fraction of sp³-hybridized carbons (Fsp3) is 0.273. The largest absolute Gasteiger partial charge is 0.325 e. The summed E-state index contributed by atoms with van der Waals surface area (Å²) in [6.45, 7) is 3.08. The van der Waals surface area contributed by atoms with E-state index in [0.29, 0.717) is 11.3 Å². The quantitative estimate of drug-likeness (QED) is 0.729. The molecule has 0 aliphatic rings. The van der Waals surface area contributed by atoms with Crippen molar-refractivity contribution in [2.75, 3.05) is 5.32 Å². The summed E-state index contributed by atoms with van der Waals surface area (Å²) in [4.78, 5) is 22.4. The molecule has 4 heteroatoms. The SMILES string of the molecule is CC(=O)c1cccc(NC(=O)[C@H](C)N)c1. The van der Waals surface area contributed by atoms with Crippen LogP contribution in [0.1, 0.15) is 24.2 Å². The van der Waals surface area contributed by atoms with Gasteiger partial charge in [-0.05, 0) is 26.0 Å². The molecule has 0 bridgehead atoms. The number of nitrogens with two attached hydrogens (primary N) is 1. The first kappa shape index (κ1) is 11.4. The summed E-state index contributed by atoms with van der Waals surface area (Å²) in [5, 5.41) is 2.62. The van der Waals surface area contributed by atoms with Crippen molar-refractivity contribution in [2.45, 2.75) is 19.9 Å². The molecule has 1 aromatic carbocycles. The third-order valence-electron chi connectivity index (χ3n) is 1.95. The summed E-state index contributed by atoms with van der Waals surface area (Å²) < 4.78 is 0. The number of nitrogens with one attached hydrogen (secondary N) is 1. The van der Waals surface area contributed by atoms with Crippen molar-refractivity contribution < 1.29 is 9.59 Å². The van der Waals surface area contributed by atoms with Crippen molar-refractivity contribution >= 4 is 17.4 Å². The molecule has 0 spiro atoms. The first-order chi connectivity index (χ1) is 7.00. The summed E-state index contributed by atoms with van der Waals surface area (Å²) in [6.07, 6.45) is 0. The number of amides is 1. The zero-order valence-corrected chi connectivity index (χ0v) is 8.78. The maximum atomic E-state index is 11.3. The highest BCUT2D eigenvalue weighted by Gasteiger charge is 2.08. The highest BCUT2D eigenvalue weighted by molar-refractivity contribution is 5.98. The Balaban J connectivity index is 2.83. The molecule has 0 fully saturated rings. The molecule has 80 valence electrons. The van der Waals surface area contributed by atoms with Gasteiger partial charge >= 0.3 is 0 Å². The lowest BCUT2D eigenvalue weighted by atomic mass is 10.1. The molecule has 15 heavy (non-hydrogen) atoms. The number of carbonyl (C=O) groups is 2. The van der Waals surface area contributed by atoms with Crippen molar-refractivity contribution in [1.82, 2.24) is 0 Å². The Morgan fingerprint density at radius 3 is 2.60 bits per heavy atom. The lowest BCUT2D eigenvalue weighted by Crippen LogP contribution is -2.32. The van der Waals surface area contributed by atoms with Crippen LogP contribution in [0.25, 0.3) is 0 Å². The normalized spacial score (nSPS) is 11.9. The predicted molar refractivity (Wildman–Crippen MR) is 58.7 cm³/mol. The molecule has 3 N–H and O–H groups in total. The highest BCUT2D eigenvalue weighted by Crippen LogP contribution is 2.11.